The van der Waals surface area contributed by atoms with Gasteiger partial charge in [-0.25, -0.2) is 9.59 Å². The highest BCUT2D eigenvalue weighted by molar-refractivity contribution is 8.02. The fourth-order valence-corrected chi connectivity index (χ4v) is 13.2. The van der Waals surface area contributed by atoms with Crippen LogP contribution in [0.15, 0.2) is 118 Å². The lowest BCUT2D eigenvalue weighted by atomic mass is 9.95. The van der Waals surface area contributed by atoms with Gasteiger partial charge in [-0.1, -0.05) is 131 Å². The van der Waals surface area contributed by atoms with Crippen LogP contribution in [0.25, 0.3) is 22.5 Å². The summed E-state index contributed by atoms with van der Waals surface area (Å²) in [7, 11) is 0. The maximum Gasteiger partial charge on any atom is 0.327 e. The molecule has 4 aromatic carbocycles. The van der Waals surface area contributed by atoms with Crippen LogP contribution in [0.3, 0.4) is 0 Å². The Kier molecular flexibility index (Phi) is 17.0. The predicted octanol–water partition coefficient (Wildman–Crippen LogP) is 7.66. The number of hydrogen-bond donors (Lipinski definition) is 6. The summed E-state index contributed by atoms with van der Waals surface area (Å²) in [5.74, 6) is -3.39. The van der Waals surface area contributed by atoms with Gasteiger partial charge in [0.1, 0.15) is 69.0 Å². The van der Waals surface area contributed by atoms with Gasteiger partial charge in [-0.05, 0) is 64.8 Å². The first-order chi connectivity index (χ1) is 36.2. The standard InChI is InChI=1S/2C19H18ClN3O5S.C16H20N2/c2*1-8-11(12(22-28-8)9-6-4-5-7-10(9)20)15(24)21-13-16(25)23-14(18(26)27)19(2,3)29-17(13)23;1-3-7-15(8-4-1)13-17-11-12-18-14-16-9-5-2-6-10-16/h2*4-7,13-14,17H,1-3H3,(H,21,24)(H,26,27);1-10,17-18H,11-14H2. The van der Waals surface area contributed by atoms with E-state index in [1.165, 1.54) is 44.5 Å². The summed E-state index contributed by atoms with van der Waals surface area (Å²) < 4.78 is 9.08. The van der Waals surface area contributed by atoms with E-state index < -0.39 is 80.0 Å². The van der Waals surface area contributed by atoms with E-state index in [1.807, 2.05) is 12.1 Å². The molecule has 18 nitrogen and oxygen atoms in total. The Hall–Kier alpha value is -6.68. The quantitative estimate of drug-likeness (QED) is 0.0427. The molecule has 6 unspecified atom stereocenters. The molecule has 4 fully saturated rings. The summed E-state index contributed by atoms with van der Waals surface area (Å²) in [6, 6.07) is 31.3. The fraction of sp³-hybridized carbons (Fsp3) is 0.333. The van der Waals surface area contributed by atoms with Gasteiger partial charge in [0.2, 0.25) is 11.8 Å². The molecule has 22 heteroatoms. The number of halogens is 2. The Morgan fingerprint density at radius 1 is 0.579 bits per heavy atom. The van der Waals surface area contributed by atoms with Gasteiger partial charge in [0.25, 0.3) is 11.8 Å². The molecule has 4 saturated heterocycles. The summed E-state index contributed by atoms with van der Waals surface area (Å²) in [5.41, 5.74) is 4.72. The topological polar surface area (TPSA) is 250 Å². The van der Waals surface area contributed by atoms with Crippen molar-refractivity contribution in [2.75, 3.05) is 13.1 Å². The summed E-state index contributed by atoms with van der Waals surface area (Å²) in [5, 5.41) is 39.2. The van der Waals surface area contributed by atoms with Crippen LogP contribution in [-0.4, -0.2) is 123 Å². The third-order valence-corrected chi connectivity index (χ3v) is 17.0. The predicted molar refractivity (Wildman–Crippen MR) is 290 cm³/mol. The molecule has 0 radical (unpaired) electrons. The Labute approximate surface area is 457 Å². The van der Waals surface area contributed by atoms with E-state index in [2.05, 4.69) is 80.1 Å². The van der Waals surface area contributed by atoms with Gasteiger partial charge in [0.15, 0.2) is 0 Å². The fourth-order valence-electron chi connectivity index (χ4n) is 9.50. The number of fused-ring (bicyclic) bond motifs is 2. The summed E-state index contributed by atoms with van der Waals surface area (Å²) in [6.45, 7) is 14.2. The van der Waals surface area contributed by atoms with E-state index in [9.17, 15) is 39.0 Å². The molecule has 398 valence electrons. The van der Waals surface area contributed by atoms with Crippen molar-refractivity contribution in [3.8, 4) is 22.5 Å². The largest absolute Gasteiger partial charge is 0.480 e. The monoisotopic (exact) mass is 1110 g/mol. The van der Waals surface area contributed by atoms with Crippen molar-refractivity contribution in [2.24, 2.45) is 0 Å². The molecule has 10 rings (SSSR count). The van der Waals surface area contributed by atoms with Crippen molar-refractivity contribution >= 4 is 82.3 Å². The zero-order valence-electron chi connectivity index (χ0n) is 42.2. The molecule has 6 atom stereocenters. The van der Waals surface area contributed by atoms with Gasteiger partial charge in [-0.3, -0.25) is 19.2 Å². The first-order valence-electron chi connectivity index (χ1n) is 24.2. The highest BCUT2D eigenvalue weighted by Gasteiger charge is 2.65. The number of benzene rings is 4. The number of thioether (sulfide) groups is 2. The van der Waals surface area contributed by atoms with Gasteiger partial charge >= 0.3 is 11.9 Å². The average molecular weight is 1110 g/mol. The molecule has 4 aliphatic heterocycles. The van der Waals surface area contributed by atoms with Crippen molar-refractivity contribution in [3.63, 3.8) is 0 Å². The molecule has 2 aromatic heterocycles. The van der Waals surface area contributed by atoms with E-state index in [0.29, 0.717) is 32.7 Å². The van der Waals surface area contributed by atoms with Crippen LogP contribution in [0.2, 0.25) is 10.0 Å². The van der Waals surface area contributed by atoms with Gasteiger partial charge in [0.05, 0.1) is 10.0 Å². The third kappa shape index (κ3) is 11.5. The molecule has 6 heterocycles. The number of β-lactam (4-membered cyclic amide) rings is 2. The van der Waals surface area contributed by atoms with Crippen molar-refractivity contribution in [2.45, 2.75) is 99.0 Å². The van der Waals surface area contributed by atoms with Crippen molar-refractivity contribution in [3.05, 3.63) is 153 Å². The second-order valence-corrected chi connectivity index (χ2v) is 23.7. The van der Waals surface area contributed by atoms with Crippen LogP contribution >= 0.6 is 46.7 Å². The Balaban J connectivity index is 0.000000156. The van der Waals surface area contributed by atoms with Crippen molar-refractivity contribution in [1.82, 2.24) is 41.4 Å². The van der Waals surface area contributed by atoms with E-state index in [0.717, 1.165) is 26.2 Å². The molecule has 0 saturated carbocycles. The number of rotatable bonds is 15. The minimum absolute atomic E-state index is 0.196. The Morgan fingerprint density at radius 3 is 1.26 bits per heavy atom. The molecule has 76 heavy (non-hydrogen) atoms. The number of aliphatic carboxylic acids is 2. The molecule has 6 aromatic rings. The number of aryl methyl sites for hydroxylation is 2. The van der Waals surface area contributed by atoms with Gasteiger partial charge < -0.3 is 50.3 Å². The second kappa shape index (κ2) is 23.3. The lowest BCUT2D eigenvalue weighted by Crippen LogP contribution is -2.70. The third-order valence-electron chi connectivity index (χ3n) is 13.2. The SMILES string of the molecule is Cc1onc(-c2ccccc2Cl)c1C(=O)NC1C(=O)N2C1SC(C)(C)C2C(=O)O.Cc1onc(-c2ccccc2Cl)c1C(=O)NC1C(=O)N2C1SC(C)(C)C2C(=O)O.c1ccc(CNCCNCc2ccccc2)cc1. The van der Waals surface area contributed by atoms with Crippen LogP contribution < -0.4 is 21.3 Å². The first-order valence-corrected chi connectivity index (χ1v) is 26.7. The molecule has 0 aliphatic carbocycles. The van der Waals surface area contributed by atoms with Crippen LogP contribution in [0.4, 0.5) is 0 Å². The lowest BCUT2D eigenvalue weighted by Gasteiger charge is -2.43. The number of nitrogens with zero attached hydrogens (tertiary/aromatic N) is 4. The van der Waals surface area contributed by atoms with Crippen LogP contribution in [-0.2, 0) is 32.3 Å². The lowest BCUT2D eigenvalue weighted by molar-refractivity contribution is -0.159. The maximum absolute atomic E-state index is 13.0. The number of hydrogen-bond acceptors (Lipinski definition) is 14. The number of carbonyl (C=O) groups excluding carboxylic acids is 4. The zero-order valence-corrected chi connectivity index (χ0v) is 45.4. The first kappa shape index (κ1) is 55.5. The number of carbonyl (C=O) groups is 6. The molecule has 0 spiro atoms. The Morgan fingerprint density at radius 2 is 0.921 bits per heavy atom. The number of amides is 4. The number of carboxylic acids is 2. The van der Waals surface area contributed by atoms with Gasteiger partial charge in [-0.15, -0.1) is 23.5 Å². The summed E-state index contributed by atoms with van der Waals surface area (Å²) in [4.78, 5) is 77.1. The highest BCUT2D eigenvalue weighted by Crippen LogP contribution is 2.52. The van der Waals surface area contributed by atoms with Crippen molar-refractivity contribution in [1.29, 1.82) is 0 Å². The van der Waals surface area contributed by atoms with Crippen LogP contribution in [0, 0.1) is 13.8 Å². The number of nitrogens with one attached hydrogen (secondary N) is 4. The number of carboxylic acid groups (broad SMARTS) is 2. The average Bonchev–Trinajstić information content (AvgIpc) is 4.16. The minimum atomic E-state index is -1.06. The van der Waals surface area contributed by atoms with Crippen LogP contribution in [0.1, 0.15) is 71.1 Å². The van der Waals surface area contributed by atoms with E-state index in [1.54, 1.807) is 90.1 Å². The highest BCUT2D eigenvalue weighted by atomic mass is 35.5. The minimum Gasteiger partial charge on any atom is -0.480 e. The smallest absolute Gasteiger partial charge is 0.327 e. The molecule has 0 bridgehead atoms. The second-order valence-electron chi connectivity index (χ2n) is 19.3. The zero-order chi connectivity index (χ0) is 54.6. The normalized spacial score (nSPS) is 21.4. The van der Waals surface area contributed by atoms with Gasteiger partial charge in [-0.2, -0.15) is 0 Å². The van der Waals surface area contributed by atoms with E-state index >= 15 is 0 Å². The number of aromatic nitrogens is 2. The molecule has 4 amide bonds. The van der Waals surface area contributed by atoms with Gasteiger partial charge in [0, 0.05) is 46.8 Å². The maximum atomic E-state index is 13.0. The van der Waals surface area contributed by atoms with Crippen molar-refractivity contribution < 1.29 is 48.0 Å². The van der Waals surface area contributed by atoms with E-state index in [-0.39, 0.29) is 22.5 Å². The molecule has 6 N–H and O–H groups in total. The Bertz CT molecular complexity index is 2930. The summed E-state index contributed by atoms with van der Waals surface area (Å²) in [6.07, 6.45) is 0. The van der Waals surface area contributed by atoms with Crippen LogP contribution in [0.5, 0.6) is 0 Å². The molecular weight excluding hydrogens is 1060 g/mol. The van der Waals surface area contributed by atoms with E-state index in [4.69, 9.17) is 32.2 Å². The molecule has 4 aliphatic rings. The summed E-state index contributed by atoms with van der Waals surface area (Å²) >= 11 is 15.2. The molecular formula is C54H56Cl2N8O10S2.